The molecule has 0 bridgehead atoms. The second-order valence-electron chi connectivity index (χ2n) is 9.56. The molecule has 1 fully saturated rings. The van der Waals surface area contributed by atoms with Crippen LogP contribution in [0.1, 0.15) is 57.4 Å². The number of carboxylic acid groups (broad SMARTS) is 1. The van der Waals surface area contributed by atoms with Gasteiger partial charge < -0.3 is 10.4 Å². The van der Waals surface area contributed by atoms with Crippen LogP contribution in [0.3, 0.4) is 0 Å². The van der Waals surface area contributed by atoms with Gasteiger partial charge in [-0.05, 0) is 55.2 Å². The van der Waals surface area contributed by atoms with Crippen molar-refractivity contribution in [3.8, 4) is 11.1 Å². The number of hydrogen-bond acceptors (Lipinski definition) is 4. The number of carbonyl (C=O) groups is 3. The van der Waals surface area contributed by atoms with Crippen LogP contribution in [0.2, 0.25) is 0 Å². The summed E-state index contributed by atoms with van der Waals surface area (Å²) in [6.07, 6.45) is 5.04. The summed E-state index contributed by atoms with van der Waals surface area (Å²) < 4.78 is 0. The number of nitrogens with one attached hydrogen (secondary N) is 2. The Hall–Kier alpha value is -3.19. The highest BCUT2D eigenvalue weighted by Gasteiger charge is 2.37. The molecule has 7 heteroatoms. The lowest BCUT2D eigenvalue weighted by Gasteiger charge is -2.37. The molecule has 2 aromatic carbocycles. The fraction of sp³-hybridized carbons (Fsp3) is 0.483. The Kier molecular flexibility index (Phi) is 10.5. The van der Waals surface area contributed by atoms with Gasteiger partial charge in [0.05, 0.1) is 5.92 Å². The highest BCUT2D eigenvalue weighted by molar-refractivity contribution is 5.88. The maximum Gasteiger partial charge on any atom is 0.306 e. The van der Waals surface area contributed by atoms with Gasteiger partial charge in [-0.2, -0.15) is 0 Å². The number of carboxylic acids is 1. The van der Waals surface area contributed by atoms with Crippen LogP contribution in [-0.4, -0.2) is 47.5 Å². The molecule has 3 N–H and O–H groups in total. The number of nitrogens with zero attached hydrogens (tertiary/aromatic N) is 1. The first kappa shape index (κ1) is 27.4. The number of unbranched alkanes of at least 4 members (excludes halogenated alkanes) is 1. The Morgan fingerprint density at radius 2 is 1.78 bits per heavy atom. The predicted octanol–water partition coefficient (Wildman–Crippen LogP) is 4.43. The average molecular weight is 494 g/mol. The van der Waals surface area contributed by atoms with E-state index in [-0.39, 0.29) is 18.2 Å². The van der Waals surface area contributed by atoms with Gasteiger partial charge in [0.2, 0.25) is 11.8 Å². The molecular weight excluding hydrogens is 454 g/mol. The largest absolute Gasteiger partial charge is 0.481 e. The zero-order valence-electron chi connectivity index (χ0n) is 21.4. The zero-order chi connectivity index (χ0) is 25.9. The minimum atomic E-state index is -0.861. The molecule has 0 saturated carbocycles. The van der Waals surface area contributed by atoms with Crippen LogP contribution in [0, 0.1) is 11.8 Å². The minimum Gasteiger partial charge on any atom is -0.481 e. The van der Waals surface area contributed by atoms with E-state index in [1.807, 2.05) is 37.3 Å². The van der Waals surface area contributed by atoms with Crippen LogP contribution < -0.4 is 10.7 Å². The van der Waals surface area contributed by atoms with Crippen molar-refractivity contribution in [2.75, 3.05) is 13.6 Å². The lowest BCUT2D eigenvalue weighted by molar-refractivity contribution is -0.151. The van der Waals surface area contributed by atoms with Gasteiger partial charge in [-0.25, -0.2) is 5.43 Å². The van der Waals surface area contributed by atoms with Crippen LogP contribution in [0.25, 0.3) is 11.1 Å². The number of aryl methyl sites for hydroxylation is 1. The molecule has 3 rings (SSSR count). The van der Waals surface area contributed by atoms with Crippen molar-refractivity contribution in [3.05, 3.63) is 60.2 Å². The van der Waals surface area contributed by atoms with Gasteiger partial charge in [0.15, 0.2) is 0 Å². The minimum absolute atomic E-state index is 0.191. The number of aliphatic carboxylic acids is 1. The third kappa shape index (κ3) is 7.17. The van der Waals surface area contributed by atoms with Crippen LogP contribution in [0.4, 0.5) is 0 Å². The zero-order valence-corrected chi connectivity index (χ0v) is 21.4. The summed E-state index contributed by atoms with van der Waals surface area (Å²) in [7, 11) is 1.57. The number of amides is 2. The quantitative estimate of drug-likeness (QED) is 0.406. The molecule has 7 nitrogen and oxygen atoms in total. The molecule has 3 atom stereocenters. The Bertz CT molecular complexity index is 1010. The van der Waals surface area contributed by atoms with E-state index >= 15 is 0 Å². The molecule has 0 radical (unpaired) electrons. The molecule has 0 aromatic heterocycles. The first-order chi connectivity index (χ1) is 17.5. The normalized spacial score (nSPS) is 17.3. The van der Waals surface area contributed by atoms with Crippen LogP contribution >= 0.6 is 0 Å². The smallest absolute Gasteiger partial charge is 0.306 e. The Labute approximate surface area is 214 Å². The van der Waals surface area contributed by atoms with Crippen molar-refractivity contribution in [3.63, 3.8) is 0 Å². The monoisotopic (exact) mass is 493 g/mol. The second kappa shape index (κ2) is 13.8. The second-order valence-corrected chi connectivity index (χ2v) is 9.56. The average Bonchev–Trinajstić information content (AvgIpc) is 2.92. The third-order valence-corrected chi connectivity index (χ3v) is 7.07. The molecule has 2 amide bonds. The van der Waals surface area contributed by atoms with Gasteiger partial charge in [0, 0.05) is 19.5 Å². The summed E-state index contributed by atoms with van der Waals surface area (Å²) in [5.41, 5.74) is 6.47. The van der Waals surface area contributed by atoms with Crippen molar-refractivity contribution in [1.82, 2.24) is 15.8 Å². The van der Waals surface area contributed by atoms with E-state index in [1.54, 1.807) is 7.05 Å². The SMILES string of the molecule is CCCC[C@@H](C[C@@H](CCc1ccccc1-c1ccccc1)C(=O)N1NCCC[C@H]1C(=O)NC)C(=O)O. The van der Waals surface area contributed by atoms with Crippen molar-refractivity contribution in [2.24, 2.45) is 11.8 Å². The topological polar surface area (TPSA) is 98.7 Å². The van der Waals surface area contributed by atoms with Gasteiger partial charge in [-0.1, -0.05) is 74.4 Å². The lowest BCUT2D eigenvalue weighted by Crippen LogP contribution is -2.59. The first-order valence-electron chi connectivity index (χ1n) is 13.1. The van der Waals surface area contributed by atoms with Gasteiger partial charge in [0.1, 0.15) is 6.04 Å². The first-order valence-corrected chi connectivity index (χ1v) is 13.1. The number of rotatable bonds is 12. The Balaban J connectivity index is 1.86. The number of hydrazine groups is 1. The maximum atomic E-state index is 13.8. The number of benzene rings is 2. The van der Waals surface area contributed by atoms with Gasteiger partial charge in [-0.15, -0.1) is 0 Å². The molecule has 0 spiro atoms. The van der Waals surface area contributed by atoms with Crippen LogP contribution in [-0.2, 0) is 20.8 Å². The molecule has 1 aliphatic heterocycles. The number of likely N-dealkylation sites (N-methyl/N-ethyl adjacent to an activating group) is 1. The summed E-state index contributed by atoms with van der Waals surface area (Å²) in [5, 5.41) is 14.0. The van der Waals surface area contributed by atoms with Crippen molar-refractivity contribution in [2.45, 2.75) is 64.3 Å². The van der Waals surface area contributed by atoms with Crippen LogP contribution in [0.5, 0.6) is 0 Å². The van der Waals surface area contributed by atoms with E-state index in [2.05, 4.69) is 35.0 Å². The van der Waals surface area contributed by atoms with Gasteiger partial charge in [0.25, 0.3) is 0 Å². The van der Waals surface area contributed by atoms with Crippen molar-refractivity contribution < 1.29 is 19.5 Å². The molecule has 36 heavy (non-hydrogen) atoms. The van der Waals surface area contributed by atoms with Gasteiger partial charge in [-0.3, -0.25) is 19.4 Å². The van der Waals surface area contributed by atoms with E-state index in [0.29, 0.717) is 32.2 Å². The number of carbonyl (C=O) groups excluding carboxylic acids is 2. The van der Waals surface area contributed by atoms with Crippen LogP contribution in [0.15, 0.2) is 54.6 Å². The molecule has 2 aromatic rings. The number of hydrogen-bond donors (Lipinski definition) is 3. The summed E-state index contributed by atoms with van der Waals surface area (Å²) in [4.78, 5) is 38.4. The molecular formula is C29H39N3O4. The molecule has 1 saturated heterocycles. The fourth-order valence-corrected chi connectivity index (χ4v) is 5.02. The fourth-order valence-electron chi connectivity index (χ4n) is 5.02. The molecule has 0 aliphatic carbocycles. The molecule has 0 unspecified atom stereocenters. The van der Waals surface area contributed by atoms with E-state index in [0.717, 1.165) is 36.0 Å². The molecule has 1 aliphatic rings. The van der Waals surface area contributed by atoms with Crippen molar-refractivity contribution in [1.29, 1.82) is 0 Å². The van der Waals surface area contributed by atoms with E-state index in [4.69, 9.17) is 0 Å². The highest BCUT2D eigenvalue weighted by atomic mass is 16.4. The van der Waals surface area contributed by atoms with Crippen molar-refractivity contribution >= 4 is 17.8 Å². The standard InChI is InChI=1S/C29H39N3O4/c1-3-4-11-24(29(35)36)20-23(28(34)32-26(27(33)30-2)16-10-19-31-32)18-17-22-14-8-9-15-25(22)21-12-6-5-7-13-21/h5-9,12-15,23-24,26,31H,3-4,10-11,16-20H2,1-2H3,(H,30,33)(H,35,36)/t23-,24+,26+/m1/s1. The Morgan fingerprint density at radius 1 is 1.06 bits per heavy atom. The summed E-state index contributed by atoms with van der Waals surface area (Å²) in [5.74, 6) is -2.36. The third-order valence-electron chi connectivity index (χ3n) is 7.07. The summed E-state index contributed by atoms with van der Waals surface area (Å²) in [6, 6.07) is 17.7. The lowest BCUT2D eigenvalue weighted by atomic mass is 9.85. The van der Waals surface area contributed by atoms with E-state index < -0.39 is 23.8 Å². The molecule has 194 valence electrons. The molecule has 1 heterocycles. The van der Waals surface area contributed by atoms with Gasteiger partial charge >= 0.3 is 5.97 Å². The maximum absolute atomic E-state index is 13.8. The van der Waals surface area contributed by atoms with E-state index in [1.165, 1.54) is 5.01 Å². The van der Waals surface area contributed by atoms with E-state index in [9.17, 15) is 19.5 Å². The summed E-state index contributed by atoms with van der Waals surface area (Å²) in [6.45, 7) is 2.65. The highest BCUT2D eigenvalue weighted by Crippen LogP contribution is 2.29. The predicted molar refractivity (Wildman–Crippen MR) is 141 cm³/mol. The Morgan fingerprint density at radius 3 is 2.47 bits per heavy atom. The summed E-state index contributed by atoms with van der Waals surface area (Å²) >= 11 is 0.